The van der Waals surface area contributed by atoms with Crippen LogP contribution in [0.25, 0.3) is 0 Å². The highest BCUT2D eigenvalue weighted by molar-refractivity contribution is 5.86. The van der Waals surface area contributed by atoms with E-state index in [1.54, 1.807) is 6.92 Å². The van der Waals surface area contributed by atoms with Crippen LogP contribution in [0.2, 0.25) is 0 Å². The van der Waals surface area contributed by atoms with Gasteiger partial charge in [-0.3, -0.25) is 9.89 Å². The number of hydrogen-bond acceptors (Lipinski definition) is 3. The Morgan fingerprint density at radius 3 is 2.50 bits per heavy atom. The third kappa shape index (κ3) is 3.11. The minimum absolute atomic E-state index is 0.00581. The number of halogens is 2. The lowest BCUT2D eigenvalue weighted by Gasteiger charge is -2.03. The molecule has 1 aromatic carbocycles. The van der Waals surface area contributed by atoms with Crippen molar-refractivity contribution in [3.8, 4) is 0 Å². The fourth-order valence-electron chi connectivity index (χ4n) is 1.75. The van der Waals surface area contributed by atoms with Crippen molar-refractivity contribution in [1.82, 2.24) is 9.78 Å². The topological polar surface area (TPSA) is 64.1 Å². The number of nitrogens with zero attached hydrogens (tertiary/aromatic N) is 1. The summed E-state index contributed by atoms with van der Waals surface area (Å²) in [5.41, 5.74) is -0.228. The molecule has 0 atom stereocenters. The molecule has 2 aromatic rings. The van der Waals surface area contributed by atoms with E-state index in [9.17, 15) is 18.4 Å². The molecule has 0 unspecified atom stereocenters. The summed E-state index contributed by atoms with van der Waals surface area (Å²) in [5, 5.41) is 2.54. The number of hydrogen-bond donors (Lipinski definition) is 1. The summed E-state index contributed by atoms with van der Waals surface area (Å²) in [6.45, 7) is 1.75. The number of aromatic amines is 1. The Balaban J connectivity index is 2.25. The maximum atomic E-state index is 13.1. The lowest BCUT2D eigenvalue weighted by molar-refractivity contribution is 0.0518. The highest BCUT2D eigenvalue weighted by Crippen LogP contribution is 2.09. The summed E-state index contributed by atoms with van der Waals surface area (Å²) in [6.07, 6.45) is 0. The van der Waals surface area contributed by atoms with Crippen molar-refractivity contribution in [2.45, 2.75) is 13.5 Å². The van der Waals surface area contributed by atoms with Crippen LogP contribution in [0, 0.1) is 11.6 Å². The highest BCUT2D eigenvalue weighted by Gasteiger charge is 2.12. The van der Waals surface area contributed by atoms with Gasteiger partial charge in [-0.25, -0.2) is 18.3 Å². The van der Waals surface area contributed by atoms with E-state index in [2.05, 4.69) is 5.10 Å². The van der Waals surface area contributed by atoms with E-state index in [1.165, 1.54) is 0 Å². The number of benzene rings is 1. The van der Waals surface area contributed by atoms with E-state index in [1.807, 2.05) is 0 Å². The third-order valence-corrected chi connectivity index (χ3v) is 2.55. The predicted molar refractivity (Wildman–Crippen MR) is 66.5 cm³/mol. The quantitative estimate of drug-likeness (QED) is 0.868. The minimum atomic E-state index is -0.731. The zero-order chi connectivity index (χ0) is 14.7. The number of ether oxygens (including phenoxy) is 1. The lowest BCUT2D eigenvalue weighted by atomic mass is 10.2. The van der Waals surface area contributed by atoms with Gasteiger partial charge >= 0.3 is 5.97 Å². The molecule has 0 amide bonds. The summed E-state index contributed by atoms with van der Waals surface area (Å²) < 4.78 is 31.9. The fraction of sp³-hybridized carbons (Fsp3) is 0.231. The molecule has 0 aliphatic carbocycles. The molecule has 1 N–H and O–H groups in total. The van der Waals surface area contributed by atoms with Crippen LogP contribution >= 0.6 is 0 Å². The molecule has 0 aliphatic rings. The van der Waals surface area contributed by atoms with Gasteiger partial charge in [-0.15, -0.1) is 0 Å². The molecular weight excluding hydrogens is 270 g/mol. The molecule has 0 spiro atoms. The molecule has 1 heterocycles. The second kappa shape index (κ2) is 5.68. The average Bonchev–Trinajstić information content (AvgIpc) is 2.70. The summed E-state index contributed by atoms with van der Waals surface area (Å²) in [7, 11) is 0. The summed E-state index contributed by atoms with van der Waals surface area (Å²) in [5.74, 6) is -2.12. The first-order valence-corrected chi connectivity index (χ1v) is 5.91. The van der Waals surface area contributed by atoms with Crippen LogP contribution in [0.4, 0.5) is 8.78 Å². The normalized spacial score (nSPS) is 10.6. The van der Waals surface area contributed by atoms with Crippen LogP contribution in [0.1, 0.15) is 23.0 Å². The van der Waals surface area contributed by atoms with Gasteiger partial charge in [-0.05, 0) is 24.6 Å². The highest BCUT2D eigenvalue weighted by atomic mass is 19.1. The summed E-state index contributed by atoms with van der Waals surface area (Å²) in [4.78, 5) is 23.1. The van der Waals surface area contributed by atoms with Gasteiger partial charge in [0.15, 0.2) is 0 Å². The van der Waals surface area contributed by atoms with Gasteiger partial charge in [-0.1, -0.05) is 0 Å². The molecule has 0 saturated heterocycles. The number of H-pyrrole nitrogens is 1. The van der Waals surface area contributed by atoms with Gasteiger partial charge in [0, 0.05) is 12.1 Å². The number of carbonyl (C=O) groups excluding carboxylic acids is 1. The molecule has 7 heteroatoms. The predicted octanol–water partition coefficient (Wildman–Crippen LogP) is 1.68. The van der Waals surface area contributed by atoms with E-state index in [4.69, 9.17) is 4.74 Å². The van der Waals surface area contributed by atoms with E-state index in [-0.39, 0.29) is 24.4 Å². The molecule has 0 fully saturated rings. The molecule has 5 nitrogen and oxygen atoms in total. The smallest absolute Gasteiger partial charge is 0.356 e. The standard InChI is InChI=1S/C13H12F2N2O3/c1-2-20-13(19)11-6-12(18)17(16-11)7-8-3-9(14)5-10(15)4-8/h3-6,16H,2,7H2,1H3. The average molecular weight is 282 g/mol. The van der Waals surface area contributed by atoms with Crippen LogP contribution in [-0.2, 0) is 11.3 Å². The van der Waals surface area contributed by atoms with Gasteiger partial charge in [0.1, 0.15) is 17.3 Å². The van der Waals surface area contributed by atoms with Crippen molar-refractivity contribution in [1.29, 1.82) is 0 Å². The number of nitrogens with one attached hydrogen (secondary N) is 1. The number of carbonyl (C=O) groups is 1. The minimum Gasteiger partial charge on any atom is -0.461 e. The Kier molecular flexibility index (Phi) is 3.97. The molecule has 106 valence electrons. The van der Waals surface area contributed by atoms with Crippen LogP contribution in [0.3, 0.4) is 0 Å². The fourth-order valence-corrected chi connectivity index (χ4v) is 1.75. The number of esters is 1. The lowest BCUT2D eigenvalue weighted by Crippen LogP contribution is -2.17. The maximum Gasteiger partial charge on any atom is 0.356 e. The summed E-state index contributed by atoms with van der Waals surface area (Å²) >= 11 is 0. The van der Waals surface area contributed by atoms with Gasteiger partial charge < -0.3 is 4.74 Å². The second-order valence-electron chi connectivity index (χ2n) is 4.09. The second-order valence-corrected chi connectivity index (χ2v) is 4.09. The molecule has 0 radical (unpaired) electrons. The zero-order valence-corrected chi connectivity index (χ0v) is 10.7. The van der Waals surface area contributed by atoms with Gasteiger partial charge in [0.2, 0.25) is 0 Å². The van der Waals surface area contributed by atoms with Crippen molar-refractivity contribution in [2.24, 2.45) is 0 Å². The Labute approximate surface area is 112 Å². The first-order chi connectivity index (χ1) is 9.49. The number of rotatable bonds is 4. The zero-order valence-electron chi connectivity index (χ0n) is 10.7. The van der Waals surface area contributed by atoms with E-state index in [0.29, 0.717) is 0 Å². The molecule has 0 aliphatic heterocycles. The van der Waals surface area contributed by atoms with Crippen molar-refractivity contribution in [3.63, 3.8) is 0 Å². The van der Waals surface area contributed by atoms with Crippen LogP contribution in [0.5, 0.6) is 0 Å². The van der Waals surface area contributed by atoms with Gasteiger partial charge in [0.25, 0.3) is 5.56 Å². The molecular formula is C13H12F2N2O3. The Morgan fingerprint density at radius 1 is 1.25 bits per heavy atom. The molecule has 2 rings (SSSR count). The van der Waals surface area contributed by atoms with Crippen molar-refractivity contribution in [2.75, 3.05) is 6.61 Å². The van der Waals surface area contributed by atoms with E-state index in [0.717, 1.165) is 28.9 Å². The van der Waals surface area contributed by atoms with Gasteiger partial charge in [0.05, 0.1) is 13.2 Å². The number of aromatic nitrogens is 2. The maximum absolute atomic E-state index is 13.1. The van der Waals surface area contributed by atoms with Crippen LogP contribution in [-0.4, -0.2) is 22.4 Å². The Hall–Kier alpha value is -2.44. The van der Waals surface area contributed by atoms with E-state index < -0.39 is 23.2 Å². The van der Waals surface area contributed by atoms with Crippen molar-refractivity contribution in [3.05, 3.63) is 57.5 Å². The monoisotopic (exact) mass is 282 g/mol. The molecule has 20 heavy (non-hydrogen) atoms. The first kappa shape index (κ1) is 14.0. The summed E-state index contributed by atoms with van der Waals surface area (Å²) in [6, 6.07) is 4.04. The molecule has 0 saturated carbocycles. The Morgan fingerprint density at radius 2 is 1.90 bits per heavy atom. The van der Waals surface area contributed by atoms with Gasteiger partial charge in [-0.2, -0.15) is 0 Å². The van der Waals surface area contributed by atoms with Crippen LogP contribution in [0.15, 0.2) is 29.1 Å². The van der Waals surface area contributed by atoms with Crippen molar-refractivity contribution >= 4 is 5.97 Å². The molecule has 0 bridgehead atoms. The SMILES string of the molecule is CCOC(=O)c1cc(=O)n(Cc2cc(F)cc(F)c2)[nH]1. The van der Waals surface area contributed by atoms with Crippen LogP contribution < -0.4 is 5.56 Å². The largest absolute Gasteiger partial charge is 0.461 e. The third-order valence-electron chi connectivity index (χ3n) is 2.55. The van der Waals surface area contributed by atoms with E-state index >= 15 is 0 Å². The van der Waals surface area contributed by atoms with Crippen molar-refractivity contribution < 1.29 is 18.3 Å². The first-order valence-electron chi connectivity index (χ1n) is 5.91. The Bertz CT molecular complexity index is 671. The molecule has 1 aromatic heterocycles.